The number of rotatable bonds is 13. The van der Waals surface area contributed by atoms with Gasteiger partial charge in [0.1, 0.15) is 11.3 Å². The molecule has 1 saturated heterocycles. The molecule has 0 unspecified atom stereocenters. The Hall–Kier alpha value is -4.41. The first-order chi connectivity index (χ1) is 21.4. The summed E-state index contributed by atoms with van der Waals surface area (Å²) in [6.07, 6.45) is 2.14. The van der Waals surface area contributed by atoms with Crippen molar-refractivity contribution in [3.05, 3.63) is 95.3 Å². The van der Waals surface area contributed by atoms with Crippen molar-refractivity contribution in [3.63, 3.8) is 0 Å². The number of ketones is 1. The van der Waals surface area contributed by atoms with Crippen molar-refractivity contribution in [1.29, 1.82) is 0 Å². The van der Waals surface area contributed by atoms with Crippen LogP contribution in [0.5, 0.6) is 5.88 Å². The van der Waals surface area contributed by atoms with E-state index < -0.39 is 12.8 Å². The molecule has 0 bridgehead atoms. The number of benzene rings is 2. The highest BCUT2D eigenvalue weighted by atomic mass is 19.1. The van der Waals surface area contributed by atoms with E-state index in [4.69, 9.17) is 14.6 Å². The second-order valence-corrected chi connectivity index (χ2v) is 11.0. The third-order valence-electron chi connectivity index (χ3n) is 8.24. The lowest BCUT2D eigenvalue weighted by Crippen LogP contribution is -2.25. The third kappa shape index (κ3) is 6.87. The standard InChI is InChI=1S/C34H38FN5O4/c1-23-31(18-28(41)16-26-20-39(14-15-43-3)21-30(26)24-10-6-4-7-11-24)40(27-12-8-5-9-13-27)38-32(23)25-17-29(33(42)36-2)34(37-19-25)44-22-35/h4-13,17,19,26,30H,14-16,18,20-22H2,1-3H3,(H,36,42)/t26-,30+/m1/s1. The van der Waals surface area contributed by atoms with Gasteiger partial charge in [0.15, 0.2) is 0 Å². The van der Waals surface area contributed by atoms with Crippen LogP contribution in [0.25, 0.3) is 16.9 Å². The summed E-state index contributed by atoms with van der Waals surface area (Å²) in [7, 11) is 3.19. The highest BCUT2D eigenvalue weighted by Gasteiger charge is 2.35. The van der Waals surface area contributed by atoms with Crippen LogP contribution in [-0.4, -0.2) is 78.6 Å². The molecule has 2 atom stereocenters. The number of amides is 1. The van der Waals surface area contributed by atoms with E-state index in [-0.39, 0.29) is 35.5 Å². The number of methoxy groups -OCH3 is 1. The Morgan fingerprint density at radius 3 is 2.48 bits per heavy atom. The van der Waals surface area contributed by atoms with Gasteiger partial charge >= 0.3 is 0 Å². The minimum absolute atomic E-state index is 0.0974. The molecular formula is C34H38FN5O4. The van der Waals surface area contributed by atoms with Crippen LogP contribution in [0.2, 0.25) is 0 Å². The molecule has 1 N–H and O–H groups in total. The summed E-state index contributed by atoms with van der Waals surface area (Å²) < 4.78 is 25.0. The van der Waals surface area contributed by atoms with Gasteiger partial charge in [-0.15, -0.1) is 0 Å². The molecular weight excluding hydrogens is 561 g/mol. The lowest BCUT2D eigenvalue weighted by Gasteiger charge is -2.18. The average molecular weight is 600 g/mol. The van der Waals surface area contributed by atoms with Gasteiger partial charge in [0.05, 0.1) is 23.7 Å². The molecule has 4 aromatic rings. The van der Waals surface area contributed by atoms with Crippen LogP contribution >= 0.6 is 0 Å². The maximum atomic E-state index is 13.8. The Morgan fingerprint density at radius 1 is 1.07 bits per heavy atom. The van der Waals surface area contributed by atoms with Gasteiger partial charge in [0.25, 0.3) is 5.91 Å². The second kappa shape index (κ2) is 14.4. The maximum absolute atomic E-state index is 13.8. The van der Waals surface area contributed by atoms with Crippen molar-refractivity contribution in [1.82, 2.24) is 25.0 Å². The van der Waals surface area contributed by atoms with Gasteiger partial charge in [0, 0.05) is 64.3 Å². The van der Waals surface area contributed by atoms with Gasteiger partial charge in [-0.05, 0) is 42.2 Å². The number of carbonyl (C=O) groups is 2. The SMILES string of the molecule is CNC(=O)c1cc(-c2nn(-c3ccccc3)c(CC(=O)C[C@@H]3CN(CCOC)C[C@H]3c3ccccc3)c2C)cnc1OCF. The molecule has 1 amide bonds. The summed E-state index contributed by atoms with van der Waals surface area (Å²) in [6, 6.07) is 21.6. The summed E-state index contributed by atoms with van der Waals surface area (Å²) in [4.78, 5) is 33.0. The number of pyridine rings is 1. The lowest BCUT2D eigenvalue weighted by atomic mass is 9.85. The number of para-hydroxylation sites is 1. The fourth-order valence-electron chi connectivity index (χ4n) is 6.04. The Morgan fingerprint density at radius 2 is 1.80 bits per heavy atom. The number of hydrogen-bond donors (Lipinski definition) is 1. The van der Waals surface area contributed by atoms with E-state index in [9.17, 15) is 14.0 Å². The van der Waals surface area contributed by atoms with E-state index in [1.807, 2.05) is 43.3 Å². The molecule has 1 fully saturated rings. The van der Waals surface area contributed by atoms with Gasteiger partial charge in [-0.25, -0.2) is 14.1 Å². The number of nitrogens with one attached hydrogen (secondary N) is 1. The number of hydrogen-bond acceptors (Lipinski definition) is 7. The fourth-order valence-corrected chi connectivity index (χ4v) is 6.04. The van der Waals surface area contributed by atoms with Crippen molar-refractivity contribution < 1.29 is 23.5 Å². The molecule has 0 radical (unpaired) electrons. The van der Waals surface area contributed by atoms with Crippen LogP contribution in [0, 0.1) is 12.8 Å². The summed E-state index contributed by atoms with van der Waals surface area (Å²) in [5.41, 5.74) is 4.87. The largest absolute Gasteiger partial charge is 0.445 e. The van der Waals surface area contributed by atoms with E-state index in [0.717, 1.165) is 36.6 Å². The molecule has 2 aromatic carbocycles. The number of aromatic nitrogens is 3. The van der Waals surface area contributed by atoms with E-state index in [2.05, 4.69) is 39.5 Å². The monoisotopic (exact) mass is 599 g/mol. The number of halogens is 1. The van der Waals surface area contributed by atoms with Crippen molar-refractivity contribution in [2.45, 2.75) is 25.7 Å². The molecule has 0 spiro atoms. The van der Waals surface area contributed by atoms with E-state index >= 15 is 0 Å². The molecule has 0 aliphatic carbocycles. The zero-order valence-electron chi connectivity index (χ0n) is 25.3. The topological polar surface area (TPSA) is 98.6 Å². The van der Waals surface area contributed by atoms with Crippen molar-refractivity contribution >= 4 is 11.7 Å². The number of nitrogens with zero attached hydrogens (tertiary/aromatic N) is 4. The first kappa shape index (κ1) is 31.0. The van der Waals surface area contributed by atoms with E-state index in [0.29, 0.717) is 24.3 Å². The Bertz CT molecular complexity index is 1580. The molecule has 230 valence electrons. The zero-order valence-corrected chi connectivity index (χ0v) is 25.3. The summed E-state index contributed by atoms with van der Waals surface area (Å²) in [6.45, 7) is 4.01. The van der Waals surface area contributed by atoms with Crippen LogP contribution in [0.4, 0.5) is 4.39 Å². The Kier molecular flexibility index (Phi) is 10.1. The summed E-state index contributed by atoms with van der Waals surface area (Å²) in [5.74, 6) is 0.00808. The zero-order chi connectivity index (χ0) is 31.1. The number of ether oxygens (including phenoxy) is 2. The molecule has 44 heavy (non-hydrogen) atoms. The van der Waals surface area contributed by atoms with Crippen molar-refractivity contribution in [2.24, 2.45) is 5.92 Å². The molecule has 5 rings (SSSR count). The molecule has 3 heterocycles. The van der Waals surface area contributed by atoms with Crippen LogP contribution < -0.4 is 10.1 Å². The molecule has 0 saturated carbocycles. The fraction of sp³-hybridized carbons (Fsp3) is 0.353. The van der Waals surface area contributed by atoms with Crippen LogP contribution in [0.3, 0.4) is 0 Å². The number of likely N-dealkylation sites (tertiary alicyclic amines) is 1. The second-order valence-electron chi connectivity index (χ2n) is 11.0. The molecule has 9 nitrogen and oxygen atoms in total. The van der Waals surface area contributed by atoms with E-state index in [1.165, 1.54) is 18.8 Å². The first-order valence-electron chi connectivity index (χ1n) is 14.8. The predicted octanol–water partition coefficient (Wildman–Crippen LogP) is 4.77. The third-order valence-corrected chi connectivity index (χ3v) is 8.24. The Balaban J connectivity index is 1.46. The average Bonchev–Trinajstić information content (AvgIpc) is 3.60. The number of carbonyl (C=O) groups excluding carboxylic acids is 2. The molecule has 1 aliphatic rings. The number of alkyl halides is 1. The minimum atomic E-state index is -1.11. The maximum Gasteiger partial charge on any atom is 0.256 e. The summed E-state index contributed by atoms with van der Waals surface area (Å²) >= 11 is 0. The van der Waals surface area contributed by atoms with E-state index in [1.54, 1.807) is 17.9 Å². The van der Waals surface area contributed by atoms with Gasteiger partial charge in [0.2, 0.25) is 12.7 Å². The first-order valence-corrected chi connectivity index (χ1v) is 14.8. The summed E-state index contributed by atoms with van der Waals surface area (Å²) in [5, 5.41) is 7.44. The van der Waals surface area contributed by atoms with Crippen molar-refractivity contribution in [3.8, 4) is 22.8 Å². The molecule has 2 aromatic heterocycles. The van der Waals surface area contributed by atoms with Crippen LogP contribution in [0.15, 0.2) is 72.9 Å². The minimum Gasteiger partial charge on any atom is -0.445 e. The van der Waals surface area contributed by atoms with Gasteiger partial charge in [-0.1, -0.05) is 48.5 Å². The van der Waals surface area contributed by atoms with Gasteiger partial charge in [-0.3, -0.25) is 9.59 Å². The Labute approximate surface area is 257 Å². The quantitative estimate of drug-likeness (QED) is 0.236. The van der Waals surface area contributed by atoms with Crippen molar-refractivity contribution in [2.75, 3.05) is 47.3 Å². The highest BCUT2D eigenvalue weighted by molar-refractivity contribution is 5.97. The van der Waals surface area contributed by atoms with Gasteiger partial charge in [-0.2, -0.15) is 5.10 Å². The smallest absolute Gasteiger partial charge is 0.256 e. The number of Topliss-reactive ketones (excluding diaryl/α,β-unsaturated/α-hetero) is 1. The molecule has 1 aliphatic heterocycles. The van der Waals surface area contributed by atoms with Gasteiger partial charge < -0.3 is 19.7 Å². The molecule has 10 heteroatoms. The van der Waals surface area contributed by atoms with Crippen LogP contribution in [-0.2, 0) is 16.0 Å². The highest BCUT2D eigenvalue weighted by Crippen LogP contribution is 2.36. The lowest BCUT2D eigenvalue weighted by molar-refractivity contribution is -0.119. The van der Waals surface area contributed by atoms with Crippen LogP contribution in [0.1, 0.15) is 39.5 Å². The normalized spacial score (nSPS) is 16.6. The predicted molar refractivity (Wildman–Crippen MR) is 166 cm³/mol.